The molecular formula is C17H24N2O3. The molecule has 0 aromatic heterocycles. The van der Waals surface area contributed by atoms with Crippen LogP contribution in [0.1, 0.15) is 30.6 Å². The Labute approximate surface area is 131 Å². The highest BCUT2D eigenvalue weighted by Crippen LogP contribution is 2.19. The average Bonchev–Trinajstić information content (AvgIpc) is 2.95. The first-order valence-corrected chi connectivity index (χ1v) is 7.72. The Morgan fingerprint density at radius 2 is 2.23 bits per heavy atom. The van der Waals surface area contributed by atoms with Gasteiger partial charge in [-0.05, 0) is 51.9 Å². The zero-order valence-electron chi connectivity index (χ0n) is 13.5. The molecule has 1 fully saturated rings. The van der Waals surface area contributed by atoms with Crippen LogP contribution in [0.25, 0.3) is 0 Å². The van der Waals surface area contributed by atoms with Crippen molar-refractivity contribution < 1.29 is 14.3 Å². The molecule has 2 atom stereocenters. The van der Waals surface area contributed by atoms with Crippen molar-refractivity contribution in [3.05, 3.63) is 29.8 Å². The Bertz CT molecular complexity index is 544. The van der Waals surface area contributed by atoms with Gasteiger partial charge in [0, 0.05) is 18.7 Å². The molecule has 1 N–H and O–H groups in total. The second-order valence-corrected chi connectivity index (χ2v) is 5.84. The minimum atomic E-state index is -0.546. The van der Waals surface area contributed by atoms with E-state index in [-0.39, 0.29) is 11.7 Å². The van der Waals surface area contributed by atoms with Crippen LogP contribution in [0.5, 0.6) is 5.75 Å². The van der Waals surface area contributed by atoms with E-state index >= 15 is 0 Å². The van der Waals surface area contributed by atoms with Crippen molar-refractivity contribution in [1.82, 2.24) is 10.2 Å². The molecule has 120 valence electrons. The number of carbonyl (C=O) groups is 2. The lowest BCUT2D eigenvalue weighted by Gasteiger charge is -2.22. The SMILES string of the molecule is CNCC1CCN(C(=O)C(C)Oc2cccc(C(C)=O)c2)C1. The molecule has 0 bridgehead atoms. The summed E-state index contributed by atoms with van der Waals surface area (Å²) in [6, 6.07) is 6.95. The fourth-order valence-corrected chi connectivity index (χ4v) is 2.79. The summed E-state index contributed by atoms with van der Waals surface area (Å²) >= 11 is 0. The standard InChI is InChI=1S/C17H24N2O3/c1-12(20)15-5-4-6-16(9-15)22-13(2)17(21)19-8-7-14(11-19)10-18-3/h4-6,9,13-14,18H,7-8,10-11H2,1-3H3. The molecule has 1 aromatic rings. The number of Topliss-reactive ketones (excluding diaryl/α,β-unsaturated/α-hetero) is 1. The normalized spacial score (nSPS) is 19.0. The van der Waals surface area contributed by atoms with Gasteiger partial charge >= 0.3 is 0 Å². The third-order valence-electron chi connectivity index (χ3n) is 3.99. The summed E-state index contributed by atoms with van der Waals surface area (Å²) < 4.78 is 5.72. The van der Waals surface area contributed by atoms with Crippen LogP contribution in [-0.4, -0.2) is 49.4 Å². The highest BCUT2D eigenvalue weighted by Gasteiger charge is 2.29. The van der Waals surface area contributed by atoms with E-state index in [1.54, 1.807) is 31.2 Å². The second kappa shape index (κ2) is 7.40. The molecule has 5 heteroatoms. The third kappa shape index (κ3) is 4.07. The fraction of sp³-hybridized carbons (Fsp3) is 0.529. The Morgan fingerprint density at radius 3 is 2.91 bits per heavy atom. The quantitative estimate of drug-likeness (QED) is 0.813. The molecule has 0 saturated carbocycles. The van der Waals surface area contributed by atoms with Crippen LogP contribution in [0.3, 0.4) is 0 Å². The van der Waals surface area contributed by atoms with Gasteiger partial charge in [-0.25, -0.2) is 0 Å². The number of amides is 1. The molecule has 1 heterocycles. The van der Waals surface area contributed by atoms with Gasteiger partial charge in [-0.3, -0.25) is 9.59 Å². The number of rotatable bonds is 6. The minimum Gasteiger partial charge on any atom is -0.481 e. The topological polar surface area (TPSA) is 58.6 Å². The lowest BCUT2D eigenvalue weighted by Crippen LogP contribution is -2.39. The van der Waals surface area contributed by atoms with Crippen molar-refractivity contribution in [3.63, 3.8) is 0 Å². The summed E-state index contributed by atoms with van der Waals surface area (Å²) in [6.45, 7) is 5.76. The van der Waals surface area contributed by atoms with Gasteiger partial charge in [0.25, 0.3) is 5.91 Å². The Morgan fingerprint density at radius 1 is 1.45 bits per heavy atom. The number of ether oxygens (including phenoxy) is 1. The van der Waals surface area contributed by atoms with Crippen molar-refractivity contribution in [3.8, 4) is 5.75 Å². The maximum Gasteiger partial charge on any atom is 0.263 e. The number of hydrogen-bond donors (Lipinski definition) is 1. The Kier molecular flexibility index (Phi) is 5.55. The first-order valence-electron chi connectivity index (χ1n) is 7.72. The van der Waals surface area contributed by atoms with E-state index in [1.807, 2.05) is 11.9 Å². The molecule has 1 aliphatic heterocycles. The second-order valence-electron chi connectivity index (χ2n) is 5.84. The monoisotopic (exact) mass is 304 g/mol. The number of benzene rings is 1. The van der Waals surface area contributed by atoms with Gasteiger partial charge < -0.3 is 15.0 Å². The molecule has 2 unspecified atom stereocenters. The van der Waals surface area contributed by atoms with Gasteiger partial charge in [-0.2, -0.15) is 0 Å². The number of nitrogens with zero attached hydrogens (tertiary/aromatic N) is 1. The predicted octanol–water partition coefficient (Wildman–Crippen LogP) is 1.72. The molecule has 2 rings (SSSR count). The van der Waals surface area contributed by atoms with Gasteiger partial charge in [-0.15, -0.1) is 0 Å². The first-order chi connectivity index (χ1) is 10.5. The van der Waals surface area contributed by atoms with E-state index in [9.17, 15) is 9.59 Å². The number of nitrogens with one attached hydrogen (secondary N) is 1. The van der Waals surface area contributed by atoms with Crippen LogP contribution in [0.4, 0.5) is 0 Å². The molecule has 0 aliphatic carbocycles. The maximum atomic E-state index is 12.4. The maximum absolute atomic E-state index is 12.4. The lowest BCUT2D eigenvalue weighted by atomic mass is 10.1. The molecule has 5 nitrogen and oxygen atoms in total. The molecule has 1 amide bonds. The van der Waals surface area contributed by atoms with Crippen molar-refractivity contribution in [2.75, 3.05) is 26.7 Å². The predicted molar refractivity (Wildman–Crippen MR) is 85.2 cm³/mol. The van der Waals surface area contributed by atoms with Crippen LogP contribution in [0, 0.1) is 5.92 Å². The molecule has 1 saturated heterocycles. The zero-order chi connectivity index (χ0) is 16.1. The minimum absolute atomic E-state index is 0.00633. The molecular weight excluding hydrogens is 280 g/mol. The third-order valence-corrected chi connectivity index (χ3v) is 3.99. The highest BCUT2D eigenvalue weighted by molar-refractivity contribution is 5.94. The van der Waals surface area contributed by atoms with Crippen molar-refractivity contribution in [1.29, 1.82) is 0 Å². The summed E-state index contributed by atoms with van der Waals surface area (Å²) in [5, 5.41) is 3.15. The molecule has 1 aliphatic rings. The summed E-state index contributed by atoms with van der Waals surface area (Å²) in [6.07, 6.45) is 0.481. The van der Waals surface area contributed by atoms with Gasteiger partial charge in [0.15, 0.2) is 11.9 Å². The van der Waals surface area contributed by atoms with Gasteiger partial charge in [0.2, 0.25) is 0 Å². The van der Waals surface area contributed by atoms with Crippen molar-refractivity contribution in [2.24, 2.45) is 5.92 Å². The number of ketones is 1. The van der Waals surface area contributed by atoms with Crippen LogP contribution in [0.2, 0.25) is 0 Å². The van der Waals surface area contributed by atoms with E-state index in [4.69, 9.17) is 4.74 Å². The molecule has 0 radical (unpaired) electrons. The summed E-state index contributed by atoms with van der Waals surface area (Å²) in [5.41, 5.74) is 0.590. The summed E-state index contributed by atoms with van der Waals surface area (Å²) in [5.74, 6) is 1.06. The highest BCUT2D eigenvalue weighted by atomic mass is 16.5. The van der Waals surface area contributed by atoms with Crippen molar-refractivity contribution in [2.45, 2.75) is 26.4 Å². The first kappa shape index (κ1) is 16.5. The summed E-state index contributed by atoms with van der Waals surface area (Å²) in [7, 11) is 1.93. The van der Waals surface area contributed by atoms with E-state index < -0.39 is 6.10 Å². The van der Waals surface area contributed by atoms with Crippen LogP contribution in [0.15, 0.2) is 24.3 Å². The zero-order valence-corrected chi connectivity index (χ0v) is 13.5. The van der Waals surface area contributed by atoms with Crippen LogP contribution >= 0.6 is 0 Å². The number of likely N-dealkylation sites (tertiary alicyclic amines) is 1. The van der Waals surface area contributed by atoms with Crippen molar-refractivity contribution >= 4 is 11.7 Å². The van der Waals surface area contributed by atoms with E-state index in [0.717, 1.165) is 26.1 Å². The van der Waals surface area contributed by atoms with Crippen LogP contribution in [-0.2, 0) is 4.79 Å². The Balaban J connectivity index is 1.94. The fourth-order valence-electron chi connectivity index (χ4n) is 2.79. The van der Waals surface area contributed by atoms with E-state index in [1.165, 1.54) is 6.92 Å². The van der Waals surface area contributed by atoms with E-state index in [0.29, 0.717) is 17.2 Å². The van der Waals surface area contributed by atoms with Gasteiger partial charge in [0.05, 0.1) is 0 Å². The summed E-state index contributed by atoms with van der Waals surface area (Å²) in [4.78, 5) is 25.7. The number of hydrogen-bond acceptors (Lipinski definition) is 4. The lowest BCUT2D eigenvalue weighted by molar-refractivity contribution is -0.137. The van der Waals surface area contributed by atoms with E-state index in [2.05, 4.69) is 5.32 Å². The number of carbonyl (C=O) groups excluding carboxylic acids is 2. The molecule has 1 aromatic carbocycles. The largest absolute Gasteiger partial charge is 0.481 e. The van der Waals surface area contributed by atoms with Crippen LogP contribution < -0.4 is 10.1 Å². The smallest absolute Gasteiger partial charge is 0.263 e. The van der Waals surface area contributed by atoms with Gasteiger partial charge in [0.1, 0.15) is 5.75 Å². The average molecular weight is 304 g/mol. The Hall–Kier alpha value is -1.88. The van der Waals surface area contributed by atoms with Gasteiger partial charge in [-0.1, -0.05) is 12.1 Å². The molecule has 22 heavy (non-hydrogen) atoms. The molecule has 0 spiro atoms.